The summed E-state index contributed by atoms with van der Waals surface area (Å²) in [5.41, 5.74) is 5.02. The molecule has 1 aliphatic carbocycles. The van der Waals surface area contributed by atoms with Gasteiger partial charge in [-0.05, 0) is 19.8 Å². The number of hydrogen-bond donors (Lipinski definition) is 3. The molecule has 0 aliphatic heterocycles. The van der Waals surface area contributed by atoms with Crippen LogP contribution in [0.3, 0.4) is 0 Å². The average molecular weight is 242 g/mol. The van der Waals surface area contributed by atoms with Gasteiger partial charge in [0.25, 0.3) is 0 Å². The molecule has 0 saturated heterocycles. The van der Waals surface area contributed by atoms with Crippen LogP contribution in [0.2, 0.25) is 0 Å². The number of amides is 1. The zero-order chi connectivity index (χ0) is 12.9. The third kappa shape index (κ3) is 4.73. The lowest BCUT2D eigenvalue weighted by atomic mass is 9.79. The molecule has 1 amide bonds. The van der Waals surface area contributed by atoms with Crippen LogP contribution >= 0.6 is 0 Å². The van der Waals surface area contributed by atoms with Crippen molar-refractivity contribution in [2.45, 2.75) is 63.5 Å². The molecule has 0 spiro atoms. The fourth-order valence-electron chi connectivity index (χ4n) is 2.50. The molecule has 1 atom stereocenters. The van der Waals surface area contributed by atoms with Gasteiger partial charge in [0.1, 0.15) is 0 Å². The van der Waals surface area contributed by atoms with Crippen molar-refractivity contribution in [3.8, 4) is 0 Å². The summed E-state index contributed by atoms with van der Waals surface area (Å²) >= 11 is 0. The summed E-state index contributed by atoms with van der Waals surface area (Å²) in [5.74, 6) is -0.990. The van der Waals surface area contributed by atoms with Gasteiger partial charge in [-0.25, -0.2) is 0 Å². The lowest BCUT2D eigenvalue weighted by Crippen LogP contribution is -2.51. The molecule has 1 aliphatic rings. The van der Waals surface area contributed by atoms with Crippen LogP contribution in [0, 0.1) is 0 Å². The molecule has 0 aromatic carbocycles. The van der Waals surface area contributed by atoms with E-state index >= 15 is 0 Å². The summed E-state index contributed by atoms with van der Waals surface area (Å²) in [4.78, 5) is 22.6. The van der Waals surface area contributed by atoms with Crippen molar-refractivity contribution in [3.05, 3.63) is 0 Å². The predicted molar refractivity (Wildman–Crippen MR) is 64.5 cm³/mol. The summed E-state index contributed by atoms with van der Waals surface area (Å²) < 4.78 is 0. The number of rotatable bonds is 5. The molecular weight excluding hydrogens is 220 g/mol. The van der Waals surface area contributed by atoms with Crippen LogP contribution in [0.15, 0.2) is 0 Å². The molecule has 4 N–H and O–H groups in total. The Kier molecular flexibility index (Phi) is 4.93. The van der Waals surface area contributed by atoms with Crippen molar-refractivity contribution < 1.29 is 14.7 Å². The van der Waals surface area contributed by atoms with Crippen molar-refractivity contribution >= 4 is 11.9 Å². The van der Waals surface area contributed by atoms with Crippen molar-refractivity contribution in [1.29, 1.82) is 0 Å². The van der Waals surface area contributed by atoms with Crippen molar-refractivity contribution in [3.63, 3.8) is 0 Å². The van der Waals surface area contributed by atoms with Gasteiger partial charge >= 0.3 is 5.97 Å². The van der Waals surface area contributed by atoms with E-state index in [1.54, 1.807) is 6.92 Å². The van der Waals surface area contributed by atoms with E-state index < -0.39 is 11.5 Å². The van der Waals surface area contributed by atoms with Gasteiger partial charge in [0.2, 0.25) is 5.91 Å². The zero-order valence-corrected chi connectivity index (χ0v) is 10.4. The molecule has 98 valence electrons. The van der Waals surface area contributed by atoms with Crippen molar-refractivity contribution in [2.24, 2.45) is 5.73 Å². The Bertz CT molecular complexity index is 283. The van der Waals surface area contributed by atoms with Gasteiger partial charge in [-0.2, -0.15) is 0 Å². The highest BCUT2D eigenvalue weighted by molar-refractivity contribution is 5.78. The maximum absolute atomic E-state index is 11.7. The summed E-state index contributed by atoms with van der Waals surface area (Å²) in [6, 6.07) is -0.194. The third-order valence-electron chi connectivity index (χ3n) is 3.21. The fourth-order valence-corrected chi connectivity index (χ4v) is 2.50. The van der Waals surface area contributed by atoms with Gasteiger partial charge in [0.15, 0.2) is 0 Å². The van der Waals surface area contributed by atoms with Gasteiger partial charge in [0, 0.05) is 12.5 Å². The molecular formula is C12H22N2O3. The van der Waals surface area contributed by atoms with Gasteiger partial charge < -0.3 is 16.2 Å². The number of carbonyl (C=O) groups is 2. The van der Waals surface area contributed by atoms with Crippen LogP contribution in [-0.2, 0) is 9.59 Å². The van der Waals surface area contributed by atoms with E-state index in [-0.39, 0.29) is 24.8 Å². The topological polar surface area (TPSA) is 92.4 Å². The molecule has 1 rings (SSSR count). The zero-order valence-electron chi connectivity index (χ0n) is 10.4. The third-order valence-corrected chi connectivity index (χ3v) is 3.21. The number of carbonyl (C=O) groups excluding carboxylic acids is 1. The van der Waals surface area contributed by atoms with Crippen LogP contribution in [0.1, 0.15) is 51.9 Å². The molecule has 0 aromatic heterocycles. The standard InChI is InChI=1S/C12H22N2O3/c1-9(13)7-10(15)14-12(8-11(16)17)5-3-2-4-6-12/h9H,2-8,13H2,1H3,(H,14,15)(H,16,17). The first-order valence-corrected chi connectivity index (χ1v) is 6.22. The lowest BCUT2D eigenvalue weighted by molar-refractivity contribution is -0.139. The quantitative estimate of drug-likeness (QED) is 0.671. The second kappa shape index (κ2) is 6.00. The van der Waals surface area contributed by atoms with E-state index in [9.17, 15) is 9.59 Å². The number of carboxylic acid groups (broad SMARTS) is 1. The molecule has 0 radical (unpaired) electrons. The monoisotopic (exact) mass is 242 g/mol. The largest absolute Gasteiger partial charge is 0.481 e. The minimum atomic E-state index is -0.854. The number of aliphatic carboxylic acids is 1. The predicted octanol–water partition coefficient (Wildman–Crippen LogP) is 1.02. The van der Waals surface area contributed by atoms with E-state index in [0.717, 1.165) is 32.1 Å². The van der Waals surface area contributed by atoms with Crippen LogP contribution < -0.4 is 11.1 Å². The first kappa shape index (κ1) is 14.0. The first-order valence-electron chi connectivity index (χ1n) is 6.22. The Morgan fingerprint density at radius 2 is 1.94 bits per heavy atom. The van der Waals surface area contributed by atoms with Crippen LogP contribution in [-0.4, -0.2) is 28.6 Å². The molecule has 0 aromatic rings. The van der Waals surface area contributed by atoms with Gasteiger partial charge in [0.05, 0.1) is 12.0 Å². The number of hydrogen-bond acceptors (Lipinski definition) is 3. The molecule has 1 saturated carbocycles. The summed E-state index contributed by atoms with van der Waals surface area (Å²) in [6.45, 7) is 1.77. The normalized spacial score (nSPS) is 20.6. The van der Waals surface area contributed by atoms with E-state index in [4.69, 9.17) is 10.8 Å². The highest BCUT2D eigenvalue weighted by Gasteiger charge is 2.35. The molecule has 5 nitrogen and oxygen atoms in total. The average Bonchev–Trinajstić information content (AvgIpc) is 2.15. The van der Waals surface area contributed by atoms with E-state index in [1.165, 1.54) is 0 Å². The van der Waals surface area contributed by atoms with Gasteiger partial charge in [-0.15, -0.1) is 0 Å². The van der Waals surface area contributed by atoms with Crippen LogP contribution in [0.4, 0.5) is 0 Å². The molecule has 1 fully saturated rings. The van der Waals surface area contributed by atoms with Gasteiger partial charge in [-0.3, -0.25) is 9.59 Å². The fraction of sp³-hybridized carbons (Fsp3) is 0.833. The van der Waals surface area contributed by atoms with Crippen molar-refractivity contribution in [2.75, 3.05) is 0 Å². The van der Waals surface area contributed by atoms with Crippen molar-refractivity contribution in [1.82, 2.24) is 5.32 Å². The molecule has 0 heterocycles. The lowest BCUT2D eigenvalue weighted by Gasteiger charge is -2.37. The minimum Gasteiger partial charge on any atom is -0.481 e. The Morgan fingerprint density at radius 1 is 1.35 bits per heavy atom. The smallest absolute Gasteiger partial charge is 0.305 e. The molecule has 0 bridgehead atoms. The second-order valence-electron chi connectivity index (χ2n) is 5.14. The van der Waals surface area contributed by atoms with Crippen LogP contribution in [0.25, 0.3) is 0 Å². The maximum Gasteiger partial charge on any atom is 0.305 e. The Morgan fingerprint density at radius 3 is 2.41 bits per heavy atom. The van der Waals surface area contributed by atoms with E-state index in [1.807, 2.05) is 0 Å². The molecule has 17 heavy (non-hydrogen) atoms. The molecule has 1 unspecified atom stereocenters. The summed E-state index contributed by atoms with van der Waals surface area (Å²) in [5, 5.41) is 11.8. The molecule has 5 heteroatoms. The summed E-state index contributed by atoms with van der Waals surface area (Å²) in [6.07, 6.45) is 4.84. The Balaban J connectivity index is 2.62. The van der Waals surface area contributed by atoms with Gasteiger partial charge in [-0.1, -0.05) is 19.3 Å². The minimum absolute atomic E-state index is 0.0116. The maximum atomic E-state index is 11.7. The Labute approximate surface area is 102 Å². The summed E-state index contributed by atoms with van der Waals surface area (Å²) in [7, 11) is 0. The Hall–Kier alpha value is -1.10. The number of nitrogens with two attached hydrogens (primary N) is 1. The number of nitrogens with one attached hydrogen (secondary N) is 1. The highest BCUT2D eigenvalue weighted by Crippen LogP contribution is 2.31. The van der Waals surface area contributed by atoms with E-state index in [2.05, 4.69) is 5.32 Å². The first-order chi connectivity index (χ1) is 7.93. The SMILES string of the molecule is CC(N)CC(=O)NC1(CC(=O)O)CCCCC1. The number of carboxylic acids is 1. The van der Waals surface area contributed by atoms with Crippen LogP contribution in [0.5, 0.6) is 0 Å². The van der Waals surface area contributed by atoms with E-state index in [0.29, 0.717) is 0 Å². The second-order valence-corrected chi connectivity index (χ2v) is 5.14. The highest BCUT2D eigenvalue weighted by atomic mass is 16.4.